The molecule has 1 aliphatic heterocycles. The zero-order valence-corrected chi connectivity index (χ0v) is 13.1. The lowest BCUT2D eigenvalue weighted by Crippen LogP contribution is -2.37. The number of pyridine rings is 1. The first-order valence-electron chi connectivity index (χ1n) is 7.77. The van der Waals surface area contributed by atoms with Crippen molar-refractivity contribution in [3.05, 3.63) is 76.0 Å². The van der Waals surface area contributed by atoms with Gasteiger partial charge in [0.1, 0.15) is 12.1 Å². The maximum atomic E-state index is 13.1. The van der Waals surface area contributed by atoms with E-state index in [1.807, 2.05) is 0 Å². The summed E-state index contributed by atoms with van der Waals surface area (Å²) in [5.41, 5.74) is 2.20. The molecular weight excluding hydrogens is 325 g/mol. The Morgan fingerprint density at radius 2 is 2.00 bits per heavy atom. The van der Waals surface area contributed by atoms with Crippen LogP contribution in [0.3, 0.4) is 0 Å². The van der Waals surface area contributed by atoms with Crippen molar-refractivity contribution in [2.24, 2.45) is 0 Å². The highest BCUT2D eigenvalue weighted by molar-refractivity contribution is 5.90. The monoisotopic (exact) mass is 339 g/mol. The molecule has 1 amide bonds. The van der Waals surface area contributed by atoms with E-state index in [4.69, 9.17) is 0 Å². The van der Waals surface area contributed by atoms with Gasteiger partial charge in [-0.3, -0.25) is 19.3 Å². The van der Waals surface area contributed by atoms with Gasteiger partial charge in [0, 0.05) is 31.0 Å². The normalized spacial score (nSPS) is 13.6. The van der Waals surface area contributed by atoms with E-state index < -0.39 is 0 Å². The molecule has 8 heteroatoms. The molecule has 0 aliphatic carbocycles. The van der Waals surface area contributed by atoms with Crippen LogP contribution in [0.15, 0.2) is 47.7 Å². The van der Waals surface area contributed by atoms with Crippen LogP contribution in [-0.2, 0) is 13.0 Å². The number of amides is 1. The first-order chi connectivity index (χ1) is 12.1. The molecule has 1 N–H and O–H groups in total. The quantitative estimate of drug-likeness (QED) is 0.763. The van der Waals surface area contributed by atoms with E-state index in [9.17, 15) is 14.0 Å². The summed E-state index contributed by atoms with van der Waals surface area (Å²) in [7, 11) is 0. The molecule has 0 saturated heterocycles. The fraction of sp³-hybridized carbons (Fsp3) is 0.176. The van der Waals surface area contributed by atoms with E-state index in [0.717, 1.165) is 11.1 Å². The predicted molar refractivity (Wildman–Crippen MR) is 86.8 cm³/mol. The van der Waals surface area contributed by atoms with Gasteiger partial charge in [0.25, 0.3) is 11.5 Å². The summed E-state index contributed by atoms with van der Waals surface area (Å²) < 4.78 is 14.6. The highest BCUT2D eigenvalue weighted by Gasteiger charge is 2.24. The van der Waals surface area contributed by atoms with Crippen molar-refractivity contribution in [3.63, 3.8) is 0 Å². The molecule has 3 aromatic rings. The number of carbonyl (C=O) groups is 1. The summed E-state index contributed by atoms with van der Waals surface area (Å²) in [5, 5.41) is 6.26. The fourth-order valence-electron chi connectivity index (χ4n) is 2.96. The van der Waals surface area contributed by atoms with Gasteiger partial charge in [-0.05, 0) is 41.8 Å². The van der Waals surface area contributed by atoms with Crippen LogP contribution in [0.2, 0.25) is 0 Å². The average molecular weight is 339 g/mol. The smallest absolute Gasteiger partial charge is 0.291 e. The lowest BCUT2D eigenvalue weighted by atomic mass is 10.0. The van der Waals surface area contributed by atoms with Crippen molar-refractivity contribution < 1.29 is 9.18 Å². The molecule has 0 radical (unpaired) electrons. The topological polar surface area (TPSA) is 83.9 Å². The van der Waals surface area contributed by atoms with E-state index in [1.54, 1.807) is 29.3 Å². The number of hydrogen-bond donors (Lipinski definition) is 1. The van der Waals surface area contributed by atoms with Gasteiger partial charge in [-0.25, -0.2) is 9.37 Å². The van der Waals surface area contributed by atoms with Crippen LogP contribution in [-0.4, -0.2) is 37.1 Å². The minimum absolute atomic E-state index is 0.180. The third-order valence-corrected chi connectivity index (χ3v) is 4.25. The maximum Gasteiger partial charge on any atom is 0.291 e. The molecule has 0 saturated carbocycles. The van der Waals surface area contributed by atoms with Gasteiger partial charge in [-0.15, -0.1) is 0 Å². The van der Waals surface area contributed by atoms with Gasteiger partial charge in [0.05, 0.1) is 0 Å². The Labute approximate surface area is 141 Å². The fourth-order valence-corrected chi connectivity index (χ4v) is 2.96. The van der Waals surface area contributed by atoms with Crippen molar-refractivity contribution >= 4 is 5.91 Å². The number of rotatable bonds is 2. The number of fused-ring (bicyclic) bond motifs is 1. The zero-order chi connectivity index (χ0) is 17.4. The molecule has 1 aliphatic rings. The highest BCUT2D eigenvalue weighted by atomic mass is 19.1. The van der Waals surface area contributed by atoms with Crippen LogP contribution in [0.25, 0.3) is 5.69 Å². The van der Waals surface area contributed by atoms with Gasteiger partial charge in [-0.1, -0.05) is 0 Å². The van der Waals surface area contributed by atoms with Gasteiger partial charge in [0.2, 0.25) is 5.82 Å². The Hall–Kier alpha value is -3.29. The number of hydrogen-bond acceptors (Lipinski definition) is 4. The Bertz CT molecular complexity index is 979. The summed E-state index contributed by atoms with van der Waals surface area (Å²) in [4.78, 5) is 30.3. The number of aromatic nitrogens is 4. The third kappa shape index (κ3) is 2.82. The van der Waals surface area contributed by atoms with E-state index >= 15 is 0 Å². The molecule has 0 fully saturated rings. The Kier molecular flexibility index (Phi) is 3.64. The van der Waals surface area contributed by atoms with Gasteiger partial charge in [0.15, 0.2) is 0 Å². The average Bonchev–Trinajstić information content (AvgIpc) is 3.15. The molecule has 7 nitrogen and oxygen atoms in total. The molecule has 2 aromatic heterocycles. The number of nitrogens with one attached hydrogen (secondary N) is 1. The molecule has 0 spiro atoms. The third-order valence-electron chi connectivity index (χ3n) is 4.25. The summed E-state index contributed by atoms with van der Waals surface area (Å²) in [6.07, 6.45) is 3.59. The number of aromatic amines is 1. The molecule has 25 heavy (non-hydrogen) atoms. The summed E-state index contributed by atoms with van der Waals surface area (Å²) in [6.45, 7) is 0.878. The lowest BCUT2D eigenvalue weighted by Gasteiger charge is -2.28. The van der Waals surface area contributed by atoms with Crippen LogP contribution < -0.4 is 5.56 Å². The van der Waals surface area contributed by atoms with Crippen molar-refractivity contribution in [3.8, 4) is 5.69 Å². The lowest BCUT2D eigenvalue weighted by molar-refractivity contribution is 0.0722. The number of H-pyrrole nitrogens is 1. The minimum atomic E-state index is -0.362. The van der Waals surface area contributed by atoms with Crippen molar-refractivity contribution in [2.75, 3.05) is 6.54 Å². The molecule has 0 bridgehead atoms. The molecule has 4 rings (SSSR count). The molecule has 1 aromatic carbocycles. The van der Waals surface area contributed by atoms with E-state index in [0.29, 0.717) is 25.2 Å². The van der Waals surface area contributed by atoms with Gasteiger partial charge in [-0.2, -0.15) is 5.10 Å². The Morgan fingerprint density at radius 1 is 1.20 bits per heavy atom. The first kappa shape index (κ1) is 15.3. The highest BCUT2D eigenvalue weighted by Crippen LogP contribution is 2.19. The number of halogens is 1. The zero-order valence-electron chi connectivity index (χ0n) is 13.1. The maximum absolute atomic E-state index is 13.1. The van der Waals surface area contributed by atoms with Crippen molar-refractivity contribution in [1.82, 2.24) is 24.6 Å². The van der Waals surface area contributed by atoms with Crippen LogP contribution in [0.4, 0.5) is 4.39 Å². The molecule has 126 valence electrons. The molecule has 3 heterocycles. The second-order valence-corrected chi connectivity index (χ2v) is 5.82. The van der Waals surface area contributed by atoms with Crippen LogP contribution in [0.1, 0.15) is 21.7 Å². The van der Waals surface area contributed by atoms with Crippen molar-refractivity contribution in [1.29, 1.82) is 0 Å². The standard InChI is InChI=1S/C17H14FN5O2/c18-13-1-3-14(4-2-13)23-9-12-8-22(6-5-11(12)7-15(23)24)17(25)16-19-10-20-21-16/h1-4,7,9-10H,5-6,8H2,(H,19,20,21). The van der Waals surface area contributed by atoms with Gasteiger partial charge < -0.3 is 4.90 Å². The molecule has 0 unspecified atom stereocenters. The Morgan fingerprint density at radius 3 is 2.72 bits per heavy atom. The van der Waals surface area contributed by atoms with E-state index in [2.05, 4.69) is 15.2 Å². The summed E-state index contributed by atoms with van der Waals surface area (Å²) >= 11 is 0. The van der Waals surface area contributed by atoms with Crippen LogP contribution in [0.5, 0.6) is 0 Å². The molecular formula is C17H14FN5O2. The SMILES string of the molecule is O=C(c1ncn[nH]1)N1CCc2cc(=O)n(-c3ccc(F)cc3)cc2C1. The summed E-state index contributed by atoms with van der Waals surface area (Å²) in [5.74, 6) is -0.406. The van der Waals surface area contributed by atoms with Crippen LogP contribution in [0, 0.1) is 5.82 Å². The first-order valence-corrected chi connectivity index (χ1v) is 7.77. The van der Waals surface area contributed by atoms with E-state index in [1.165, 1.54) is 23.0 Å². The van der Waals surface area contributed by atoms with Crippen LogP contribution >= 0.6 is 0 Å². The Balaban J connectivity index is 1.67. The minimum Gasteiger partial charge on any atom is -0.331 e. The molecule has 0 atom stereocenters. The number of nitrogens with zero attached hydrogens (tertiary/aromatic N) is 4. The van der Waals surface area contributed by atoms with E-state index in [-0.39, 0.29) is 23.1 Å². The predicted octanol–water partition coefficient (Wildman–Crippen LogP) is 1.29. The largest absolute Gasteiger partial charge is 0.331 e. The number of carbonyl (C=O) groups excluding carboxylic acids is 1. The second-order valence-electron chi connectivity index (χ2n) is 5.82. The number of benzene rings is 1. The van der Waals surface area contributed by atoms with Crippen molar-refractivity contribution in [2.45, 2.75) is 13.0 Å². The summed E-state index contributed by atoms with van der Waals surface area (Å²) in [6, 6.07) is 7.28. The van der Waals surface area contributed by atoms with Gasteiger partial charge >= 0.3 is 0 Å². The second kappa shape index (κ2) is 5.97.